The molecular formula is C24H23N3O3S2. The van der Waals surface area contributed by atoms with Gasteiger partial charge in [-0.2, -0.15) is 11.8 Å². The van der Waals surface area contributed by atoms with Crippen LogP contribution in [0.15, 0.2) is 71.1 Å². The van der Waals surface area contributed by atoms with E-state index < -0.39 is 6.04 Å². The third-order valence-electron chi connectivity index (χ3n) is 4.87. The summed E-state index contributed by atoms with van der Waals surface area (Å²) in [5.41, 5.74) is 1.46. The van der Waals surface area contributed by atoms with Crippen LogP contribution < -0.4 is 10.6 Å². The normalized spacial score (nSPS) is 11.9. The van der Waals surface area contributed by atoms with Crippen LogP contribution in [0.1, 0.15) is 22.5 Å². The quantitative estimate of drug-likeness (QED) is 0.374. The van der Waals surface area contributed by atoms with Gasteiger partial charge in [-0.15, -0.1) is 11.3 Å². The summed E-state index contributed by atoms with van der Waals surface area (Å²) in [5, 5.41) is 6.53. The van der Waals surface area contributed by atoms with E-state index in [9.17, 15) is 9.59 Å². The van der Waals surface area contributed by atoms with Crippen LogP contribution in [0.2, 0.25) is 0 Å². The van der Waals surface area contributed by atoms with Crippen molar-refractivity contribution in [3.8, 4) is 10.8 Å². The van der Waals surface area contributed by atoms with E-state index in [4.69, 9.17) is 4.42 Å². The molecule has 8 heteroatoms. The second kappa shape index (κ2) is 10.5. The number of furan rings is 1. The lowest BCUT2D eigenvalue weighted by Gasteiger charge is -2.18. The monoisotopic (exact) mass is 465 g/mol. The summed E-state index contributed by atoms with van der Waals surface area (Å²) in [6.45, 7) is 0.237. The molecule has 2 aromatic carbocycles. The minimum Gasteiger partial charge on any atom is -0.457 e. The van der Waals surface area contributed by atoms with Crippen LogP contribution >= 0.6 is 23.1 Å². The third-order valence-corrected chi connectivity index (χ3v) is 6.57. The lowest BCUT2D eigenvalue weighted by molar-refractivity contribution is -0.123. The largest absolute Gasteiger partial charge is 0.457 e. The summed E-state index contributed by atoms with van der Waals surface area (Å²) in [4.78, 5) is 29.9. The van der Waals surface area contributed by atoms with Crippen LogP contribution in [-0.4, -0.2) is 34.8 Å². The van der Waals surface area contributed by atoms with Gasteiger partial charge in [-0.25, -0.2) is 4.98 Å². The maximum absolute atomic E-state index is 12.8. The van der Waals surface area contributed by atoms with Gasteiger partial charge in [0.1, 0.15) is 11.8 Å². The van der Waals surface area contributed by atoms with E-state index in [1.54, 1.807) is 47.4 Å². The molecule has 164 valence electrons. The first-order chi connectivity index (χ1) is 15.6. The molecule has 0 aliphatic carbocycles. The number of thioether (sulfide) groups is 1. The van der Waals surface area contributed by atoms with Gasteiger partial charge in [0.25, 0.3) is 5.91 Å². The summed E-state index contributed by atoms with van der Waals surface area (Å²) in [6.07, 6.45) is 2.51. The van der Waals surface area contributed by atoms with Crippen LogP contribution in [-0.2, 0) is 11.3 Å². The van der Waals surface area contributed by atoms with E-state index in [1.807, 2.05) is 48.7 Å². The molecule has 0 saturated carbocycles. The van der Waals surface area contributed by atoms with Crippen molar-refractivity contribution >= 4 is 45.1 Å². The Kier molecular flexibility index (Phi) is 7.24. The van der Waals surface area contributed by atoms with Crippen LogP contribution in [0.5, 0.6) is 0 Å². The number of aromatic nitrogens is 1. The summed E-state index contributed by atoms with van der Waals surface area (Å²) in [7, 11) is 0. The Bertz CT molecular complexity index is 1170. The minimum atomic E-state index is -0.617. The van der Waals surface area contributed by atoms with Gasteiger partial charge in [0.2, 0.25) is 5.91 Å². The van der Waals surface area contributed by atoms with Crippen molar-refractivity contribution < 1.29 is 14.0 Å². The maximum Gasteiger partial charge on any atom is 0.251 e. The number of rotatable bonds is 9. The number of fused-ring (bicyclic) bond motifs is 1. The average Bonchev–Trinajstić information content (AvgIpc) is 3.47. The summed E-state index contributed by atoms with van der Waals surface area (Å²) >= 11 is 3.20. The van der Waals surface area contributed by atoms with Crippen LogP contribution in [0.4, 0.5) is 0 Å². The maximum atomic E-state index is 12.8. The molecule has 0 spiro atoms. The third kappa shape index (κ3) is 5.38. The highest BCUT2D eigenvalue weighted by atomic mass is 32.2. The Balaban J connectivity index is 1.38. The SMILES string of the molecule is CSCCC(NC(=O)c1ccccc1)C(=O)NCc1ccc(-c2nc3ccccc3s2)o1. The van der Waals surface area contributed by atoms with E-state index in [0.717, 1.165) is 21.0 Å². The molecule has 0 bridgehead atoms. The summed E-state index contributed by atoms with van der Waals surface area (Å²) in [5.74, 6) is 1.57. The fourth-order valence-electron chi connectivity index (χ4n) is 3.20. The molecule has 2 amide bonds. The second-order valence-corrected chi connectivity index (χ2v) is 9.16. The van der Waals surface area contributed by atoms with Gasteiger partial charge in [-0.3, -0.25) is 9.59 Å². The van der Waals surface area contributed by atoms with Crippen LogP contribution in [0, 0.1) is 0 Å². The number of nitrogens with zero attached hydrogens (tertiary/aromatic N) is 1. The first-order valence-electron chi connectivity index (χ1n) is 10.2. The number of para-hydroxylation sites is 1. The molecule has 1 atom stereocenters. The van der Waals surface area contributed by atoms with Gasteiger partial charge in [-0.1, -0.05) is 30.3 Å². The molecule has 2 aromatic heterocycles. The second-order valence-electron chi connectivity index (χ2n) is 7.14. The highest BCUT2D eigenvalue weighted by molar-refractivity contribution is 7.98. The van der Waals surface area contributed by atoms with Crippen molar-refractivity contribution in [2.45, 2.75) is 19.0 Å². The number of benzene rings is 2. The number of hydrogen-bond acceptors (Lipinski definition) is 6. The van der Waals surface area contributed by atoms with Crippen molar-refractivity contribution in [3.63, 3.8) is 0 Å². The Hall–Kier alpha value is -3.10. The van der Waals surface area contributed by atoms with Gasteiger partial charge >= 0.3 is 0 Å². The predicted octanol–water partition coefficient (Wildman–Crippen LogP) is 4.72. The molecule has 0 fully saturated rings. The standard InChI is InChI=1S/C24H23N3O3S2/c1-31-14-13-19(26-22(28)16-7-3-2-4-8-16)23(29)25-15-17-11-12-20(30-17)24-27-18-9-5-6-10-21(18)32-24/h2-12,19H,13-15H2,1H3,(H,25,29)(H,26,28). The van der Waals surface area contributed by atoms with Crippen molar-refractivity contribution in [2.24, 2.45) is 0 Å². The molecule has 2 N–H and O–H groups in total. The molecule has 0 saturated heterocycles. The number of thiazole rings is 1. The average molecular weight is 466 g/mol. The van der Waals surface area contributed by atoms with Gasteiger partial charge in [0.15, 0.2) is 10.8 Å². The van der Waals surface area contributed by atoms with E-state index >= 15 is 0 Å². The molecule has 4 rings (SSSR count). The molecule has 0 aliphatic rings. The molecule has 0 aliphatic heterocycles. The van der Waals surface area contributed by atoms with Crippen LogP contribution in [0.25, 0.3) is 21.0 Å². The summed E-state index contributed by atoms with van der Waals surface area (Å²) in [6, 6.07) is 19.9. The zero-order chi connectivity index (χ0) is 22.3. The molecule has 2 heterocycles. The highest BCUT2D eigenvalue weighted by Gasteiger charge is 2.21. The van der Waals surface area contributed by atoms with Crippen molar-refractivity contribution in [1.82, 2.24) is 15.6 Å². The fourth-order valence-corrected chi connectivity index (χ4v) is 4.60. The zero-order valence-electron chi connectivity index (χ0n) is 17.5. The number of nitrogens with one attached hydrogen (secondary N) is 2. The van der Waals surface area contributed by atoms with E-state index in [-0.39, 0.29) is 18.4 Å². The molecule has 6 nitrogen and oxygen atoms in total. The number of carbonyl (C=O) groups excluding carboxylic acids is 2. The van der Waals surface area contributed by atoms with Gasteiger partial charge in [0.05, 0.1) is 16.8 Å². The molecular weight excluding hydrogens is 442 g/mol. The van der Waals surface area contributed by atoms with E-state index in [1.165, 1.54) is 0 Å². The summed E-state index contributed by atoms with van der Waals surface area (Å²) < 4.78 is 7.00. The zero-order valence-corrected chi connectivity index (χ0v) is 19.2. The Morgan fingerprint density at radius 1 is 1.06 bits per heavy atom. The number of hydrogen-bond donors (Lipinski definition) is 2. The van der Waals surface area contributed by atoms with Crippen molar-refractivity contribution in [2.75, 3.05) is 12.0 Å². The number of amides is 2. The highest BCUT2D eigenvalue weighted by Crippen LogP contribution is 2.31. The van der Waals surface area contributed by atoms with E-state index in [0.29, 0.717) is 23.5 Å². The first-order valence-corrected chi connectivity index (χ1v) is 12.4. The minimum absolute atomic E-state index is 0.235. The lowest BCUT2D eigenvalue weighted by Crippen LogP contribution is -2.46. The van der Waals surface area contributed by atoms with Crippen molar-refractivity contribution in [1.29, 1.82) is 0 Å². The molecule has 1 unspecified atom stereocenters. The Morgan fingerprint density at radius 3 is 2.62 bits per heavy atom. The Morgan fingerprint density at radius 2 is 1.84 bits per heavy atom. The van der Waals surface area contributed by atoms with Crippen LogP contribution in [0.3, 0.4) is 0 Å². The van der Waals surface area contributed by atoms with Crippen molar-refractivity contribution in [3.05, 3.63) is 78.1 Å². The first kappa shape index (κ1) is 22.1. The van der Waals surface area contributed by atoms with Gasteiger partial charge in [0, 0.05) is 5.56 Å². The molecule has 0 radical (unpaired) electrons. The molecule has 32 heavy (non-hydrogen) atoms. The van der Waals surface area contributed by atoms with Gasteiger partial charge < -0.3 is 15.1 Å². The lowest BCUT2D eigenvalue weighted by atomic mass is 10.1. The smallest absolute Gasteiger partial charge is 0.251 e. The predicted molar refractivity (Wildman–Crippen MR) is 130 cm³/mol. The topological polar surface area (TPSA) is 84.2 Å². The molecule has 4 aromatic rings. The number of carbonyl (C=O) groups is 2. The van der Waals surface area contributed by atoms with E-state index in [2.05, 4.69) is 15.6 Å². The van der Waals surface area contributed by atoms with Gasteiger partial charge in [-0.05, 0) is 54.8 Å². The Labute approximate surface area is 194 Å². The fraction of sp³-hybridized carbons (Fsp3) is 0.208.